The fraction of sp³-hybridized carbons (Fsp3) is 0.632. The molecule has 3 rings (SSSR count). The van der Waals surface area contributed by atoms with E-state index < -0.39 is 0 Å². The highest BCUT2D eigenvalue weighted by molar-refractivity contribution is 5.85. The molecule has 2 heterocycles. The Morgan fingerprint density at radius 2 is 1.88 bits per heavy atom. The third-order valence-electron chi connectivity index (χ3n) is 4.87. The Bertz CT molecular complexity index is 568. The first-order chi connectivity index (χ1) is 11.8. The van der Waals surface area contributed by atoms with Gasteiger partial charge in [0, 0.05) is 13.0 Å². The minimum Gasteiger partial charge on any atom is -0.486 e. The maximum absolute atomic E-state index is 12.6. The Morgan fingerprint density at radius 1 is 1.12 bits per heavy atom. The molecule has 1 atom stereocenters. The number of hydrogen-bond donors (Lipinski definition) is 1. The number of carbonyl (C=O) groups excluding carboxylic acids is 1. The zero-order valence-corrected chi connectivity index (χ0v) is 15.6. The third kappa shape index (κ3) is 5.02. The van der Waals surface area contributed by atoms with Gasteiger partial charge in [0.05, 0.1) is 6.04 Å². The molecular weight excluding hydrogens is 340 g/mol. The van der Waals surface area contributed by atoms with Crippen LogP contribution in [0.1, 0.15) is 56.6 Å². The Hall–Kier alpha value is -1.46. The molecule has 1 saturated heterocycles. The Kier molecular flexibility index (Phi) is 7.85. The number of hydrogen-bond acceptors (Lipinski definition) is 4. The third-order valence-corrected chi connectivity index (χ3v) is 4.87. The van der Waals surface area contributed by atoms with Crippen molar-refractivity contribution in [1.82, 2.24) is 4.90 Å². The summed E-state index contributed by atoms with van der Waals surface area (Å²) < 4.78 is 11.3. The first-order valence-electron chi connectivity index (χ1n) is 9.18. The van der Waals surface area contributed by atoms with Crippen LogP contribution >= 0.6 is 12.4 Å². The van der Waals surface area contributed by atoms with Gasteiger partial charge in [-0.15, -0.1) is 12.4 Å². The number of ether oxygens (including phenoxy) is 2. The standard InChI is InChI=1S/C19H28N2O3.ClH/c20-10-4-2-1-3-7-19(22)21-11-5-6-16(21)15-8-9-17-18(14-15)24-13-12-23-17;/h8-9,14,16H,1-7,10-13,20H2;1H. The van der Waals surface area contributed by atoms with Crippen LogP contribution in [0.3, 0.4) is 0 Å². The van der Waals surface area contributed by atoms with Crippen LogP contribution in [-0.4, -0.2) is 37.1 Å². The molecular formula is C19H29ClN2O3. The zero-order valence-electron chi connectivity index (χ0n) is 14.7. The first kappa shape index (κ1) is 19.9. The van der Waals surface area contributed by atoms with Crippen molar-refractivity contribution in [1.29, 1.82) is 0 Å². The molecule has 25 heavy (non-hydrogen) atoms. The molecule has 1 aromatic carbocycles. The summed E-state index contributed by atoms with van der Waals surface area (Å²) in [5.41, 5.74) is 6.67. The highest BCUT2D eigenvalue weighted by atomic mass is 35.5. The van der Waals surface area contributed by atoms with E-state index >= 15 is 0 Å². The number of rotatable bonds is 7. The van der Waals surface area contributed by atoms with Gasteiger partial charge >= 0.3 is 0 Å². The lowest BCUT2D eigenvalue weighted by molar-refractivity contribution is -0.132. The van der Waals surface area contributed by atoms with Gasteiger partial charge in [-0.2, -0.15) is 0 Å². The van der Waals surface area contributed by atoms with Crippen molar-refractivity contribution < 1.29 is 14.3 Å². The first-order valence-corrected chi connectivity index (χ1v) is 9.18. The van der Waals surface area contributed by atoms with E-state index in [0.717, 1.165) is 68.7 Å². The molecule has 0 spiro atoms. The van der Waals surface area contributed by atoms with Crippen molar-refractivity contribution in [2.24, 2.45) is 5.73 Å². The maximum atomic E-state index is 12.6. The average molecular weight is 369 g/mol. The van der Waals surface area contributed by atoms with E-state index in [4.69, 9.17) is 15.2 Å². The van der Waals surface area contributed by atoms with Crippen LogP contribution in [0.5, 0.6) is 11.5 Å². The lowest BCUT2D eigenvalue weighted by Gasteiger charge is -2.27. The molecule has 1 fully saturated rings. The van der Waals surface area contributed by atoms with Crippen molar-refractivity contribution >= 4 is 18.3 Å². The molecule has 0 saturated carbocycles. The van der Waals surface area contributed by atoms with E-state index in [1.165, 1.54) is 0 Å². The lowest BCUT2D eigenvalue weighted by atomic mass is 10.0. The predicted octanol–water partition coefficient (Wildman–Crippen LogP) is 3.45. The van der Waals surface area contributed by atoms with Crippen LogP contribution in [-0.2, 0) is 4.79 Å². The molecule has 0 aliphatic carbocycles. The number of halogens is 1. The second-order valence-corrected chi connectivity index (χ2v) is 6.60. The zero-order chi connectivity index (χ0) is 16.8. The van der Waals surface area contributed by atoms with E-state index in [1.807, 2.05) is 17.0 Å². The quantitative estimate of drug-likeness (QED) is 0.748. The number of nitrogens with zero attached hydrogens (tertiary/aromatic N) is 1. The molecule has 2 aliphatic rings. The van der Waals surface area contributed by atoms with Gasteiger partial charge in [-0.3, -0.25) is 4.79 Å². The van der Waals surface area contributed by atoms with Crippen molar-refractivity contribution in [3.63, 3.8) is 0 Å². The summed E-state index contributed by atoms with van der Waals surface area (Å²) in [6, 6.07) is 6.27. The molecule has 6 heteroatoms. The fourth-order valence-corrected chi connectivity index (χ4v) is 3.60. The molecule has 0 bridgehead atoms. The van der Waals surface area contributed by atoms with E-state index in [9.17, 15) is 4.79 Å². The Labute approximate surface area is 156 Å². The highest BCUT2D eigenvalue weighted by Gasteiger charge is 2.30. The number of carbonyl (C=O) groups is 1. The van der Waals surface area contributed by atoms with Crippen molar-refractivity contribution in [2.45, 2.75) is 51.0 Å². The van der Waals surface area contributed by atoms with Crippen LogP contribution in [0.15, 0.2) is 18.2 Å². The topological polar surface area (TPSA) is 64.8 Å². The summed E-state index contributed by atoms with van der Waals surface area (Å²) in [6.45, 7) is 2.80. The molecule has 2 N–H and O–H groups in total. The Balaban J connectivity index is 0.00000225. The highest BCUT2D eigenvalue weighted by Crippen LogP contribution is 2.38. The smallest absolute Gasteiger partial charge is 0.223 e. The molecule has 1 aromatic rings. The largest absolute Gasteiger partial charge is 0.486 e. The van der Waals surface area contributed by atoms with Crippen molar-refractivity contribution in [3.8, 4) is 11.5 Å². The van der Waals surface area contributed by atoms with Gasteiger partial charge in [0.25, 0.3) is 0 Å². The van der Waals surface area contributed by atoms with Crippen LogP contribution in [0.2, 0.25) is 0 Å². The minimum absolute atomic E-state index is 0. The number of fused-ring (bicyclic) bond motifs is 1. The van der Waals surface area contributed by atoms with E-state index in [0.29, 0.717) is 19.6 Å². The Morgan fingerprint density at radius 3 is 2.68 bits per heavy atom. The second kappa shape index (κ2) is 9.88. The van der Waals surface area contributed by atoms with Gasteiger partial charge in [0.15, 0.2) is 11.5 Å². The van der Waals surface area contributed by atoms with Gasteiger partial charge in [-0.1, -0.05) is 18.9 Å². The molecule has 140 valence electrons. The summed E-state index contributed by atoms with van der Waals surface area (Å²) in [6.07, 6.45) is 6.96. The van der Waals surface area contributed by atoms with Crippen LogP contribution < -0.4 is 15.2 Å². The van der Waals surface area contributed by atoms with Gasteiger partial charge in [-0.05, 0) is 49.9 Å². The van der Waals surface area contributed by atoms with Crippen LogP contribution in [0, 0.1) is 0 Å². The second-order valence-electron chi connectivity index (χ2n) is 6.60. The van der Waals surface area contributed by atoms with E-state index in [1.54, 1.807) is 0 Å². The predicted molar refractivity (Wildman–Crippen MR) is 101 cm³/mol. The van der Waals surface area contributed by atoms with Crippen molar-refractivity contribution in [3.05, 3.63) is 23.8 Å². The SMILES string of the molecule is Cl.NCCCCCCC(=O)N1CCCC1c1ccc2c(c1)OCCO2. The number of unbranched alkanes of at least 4 members (excludes halogenated alkanes) is 3. The summed E-state index contributed by atoms with van der Waals surface area (Å²) in [5, 5.41) is 0. The summed E-state index contributed by atoms with van der Waals surface area (Å²) in [7, 11) is 0. The minimum atomic E-state index is 0. The molecule has 0 radical (unpaired) electrons. The monoisotopic (exact) mass is 368 g/mol. The van der Waals surface area contributed by atoms with Gasteiger partial charge in [-0.25, -0.2) is 0 Å². The normalized spacial score (nSPS) is 18.8. The number of amides is 1. The molecule has 1 unspecified atom stereocenters. The lowest BCUT2D eigenvalue weighted by Crippen LogP contribution is -2.30. The summed E-state index contributed by atoms with van der Waals surface area (Å²) in [4.78, 5) is 14.6. The van der Waals surface area contributed by atoms with E-state index in [-0.39, 0.29) is 24.4 Å². The maximum Gasteiger partial charge on any atom is 0.223 e. The van der Waals surface area contributed by atoms with Crippen LogP contribution in [0.25, 0.3) is 0 Å². The van der Waals surface area contributed by atoms with Crippen molar-refractivity contribution in [2.75, 3.05) is 26.3 Å². The van der Waals surface area contributed by atoms with Gasteiger partial charge < -0.3 is 20.1 Å². The number of nitrogens with two attached hydrogens (primary N) is 1. The summed E-state index contributed by atoms with van der Waals surface area (Å²) >= 11 is 0. The number of benzene rings is 1. The molecule has 2 aliphatic heterocycles. The summed E-state index contributed by atoms with van der Waals surface area (Å²) in [5.74, 6) is 1.89. The van der Waals surface area contributed by atoms with E-state index in [2.05, 4.69) is 6.07 Å². The van der Waals surface area contributed by atoms with Crippen LogP contribution in [0.4, 0.5) is 0 Å². The average Bonchev–Trinajstić information content (AvgIpc) is 3.11. The molecule has 5 nitrogen and oxygen atoms in total. The van der Waals surface area contributed by atoms with Gasteiger partial charge in [0.1, 0.15) is 13.2 Å². The van der Waals surface area contributed by atoms with Gasteiger partial charge in [0.2, 0.25) is 5.91 Å². The fourth-order valence-electron chi connectivity index (χ4n) is 3.60. The number of likely N-dealkylation sites (tertiary alicyclic amines) is 1. The molecule has 0 aromatic heterocycles. The molecule has 1 amide bonds.